The van der Waals surface area contributed by atoms with E-state index >= 15 is 0 Å². The first-order valence-corrected chi connectivity index (χ1v) is 8.93. The van der Waals surface area contributed by atoms with E-state index in [1.54, 1.807) is 0 Å². The van der Waals surface area contributed by atoms with E-state index in [2.05, 4.69) is 25.2 Å². The Morgan fingerprint density at radius 3 is 2.88 bits per heavy atom. The first-order valence-electron chi connectivity index (χ1n) is 8.11. The second kappa shape index (κ2) is 7.92. The minimum absolute atomic E-state index is 0.266. The zero-order valence-corrected chi connectivity index (χ0v) is 14.7. The van der Waals surface area contributed by atoms with Crippen molar-refractivity contribution in [3.63, 3.8) is 0 Å². The van der Waals surface area contributed by atoms with E-state index in [1.807, 2.05) is 0 Å². The maximum absolute atomic E-state index is 14.0. The standard InChI is InChI=1S/C16H19F2N5OS/c1-10(24)21-16-22-15(18)13(25-16)9-23-4-2-3-11(8-23)5-14-19-6-12(17)7-20-14/h6-7,11H,2-5,8-9H2,1H3,(H,21,22,24). The smallest absolute Gasteiger partial charge is 0.230 e. The number of hydrogen-bond acceptors (Lipinski definition) is 6. The van der Waals surface area contributed by atoms with E-state index in [1.165, 1.54) is 19.3 Å². The minimum atomic E-state index is -0.530. The second-order valence-electron chi connectivity index (χ2n) is 6.18. The zero-order chi connectivity index (χ0) is 17.8. The van der Waals surface area contributed by atoms with Gasteiger partial charge in [-0.3, -0.25) is 9.69 Å². The second-order valence-corrected chi connectivity index (χ2v) is 7.26. The summed E-state index contributed by atoms with van der Waals surface area (Å²) in [6.07, 6.45) is 5.09. The van der Waals surface area contributed by atoms with Gasteiger partial charge in [0.15, 0.2) is 10.9 Å². The van der Waals surface area contributed by atoms with Gasteiger partial charge in [0.25, 0.3) is 0 Å². The third-order valence-corrected chi connectivity index (χ3v) is 4.98. The minimum Gasteiger partial charge on any atom is -0.302 e. The predicted octanol–water partition coefficient (Wildman–Crippen LogP) is 2.62. The molecule has 3 heterocycles. The summed E-state index contributed by atoms with van der Waals surface area (Å²) in [7, 11) is 0. The fourth-order valence-corrected chi connectivity index (χ4v) is 3.93. The highest BCUT2D eigenvalue weighted by molar-refractivity contribution is 7.15. The Balaban J connectivity index is 1.59. The largest absolute Gasteiger partial charge is 0.302 e. The van der Waals surface area contributed by atoms with Gasteiger partial charge in [-0.15, -0.1) is 0 Å². The summed E-state index contributed by atoms with van der Waals surface area (Å²) in [5.41, 5.74) is 0. The lowest BCUT2D eigenvalue weighted by molar-refractivity contribution is -0.114. The molecule has 0 aromatic carbocycles. The Hall–Kier alpha value is -2.00. The summed E-state index contributed by atoms with van der Waals surface area (Å²) < 4.78 is 26.9. The Labute approximate surface area is 148 Å². The molecule has 134 valence electrons. The van der Waals surface area contributed by atoms with Crippen LogP contribution in [0.15, 0.2) is 12.4 Å². The van der Waals surface area contributed by atoms with Crippen LogP contribution in [0.2, 0.25) is 0 Å². The highest BCUT2D eigenvalue weighted by Crippen LogP contribution is 2.26. The molecule has 6 nitrogen and oxygen atoms in total. The van der Waals surface area contributed by atoms with Crippen molar-refractivity contribution in [2.24, 2.45) is 5.92 Å². The number of thiazole rings is 1. The summed E-state index contributed by atoms with van der Waals surface area (Å²) in [5, 5.41) is 2.80. The number of nitrogens with zero attached hydrogens (tertiary/aromatic N) is 4. The molecule has 25 heavy (non-hydrogen) atoms. The summed E-state index contributed by atoms with van der Waals surface area (Å²) in [5.74, 6) is -0.254. The molecule has 1 aliphatic heterocycles. The van der Waals surface area contributed by atoms with Gasteiger partial charge in [0.2, 0.25) is 11.9 Å². The number of halogens is 2. The Morgan fingerprint density at radius 1 is 1.40 bits per heavy atom. The van der Waals surface area contributed by atoms with Gasteiger partial charge in [0.1, 0.15) is 5.82 Å². The van der Waals surface area contributed by atoms with Crippen molar-refractivity contribution in [1.29, 1.82) is 0 Å². The monoisotopic (exact) mass is 367 g/mol. The molecule has 3 rings (SSSR count). The molecule has 1 unspecified atom stereocenters. The van der Waals surface area contributed by atoms with Gasteiger partial charge in [0.05, 0.1) is 17.3 Å². The van der Waals surface area contributed by atoms with Gasteiger partial charge in [-0.1, -0.05) is 11.3 Å². The van der Waals surface area contributed by atoms with Crippen molar-refractivity contribution in [2.75, 3.05) is 18.4 Å². The number of amides is 1. The molecule has 0 saturated carbocycles. The molecule has 1 atom stereocenters. The lowest BCUT2D eigenvalue weighted by atomic mass is 9.94. The first kappa shape index (κ1) is 17.8. The highest BCUT2D eigenvalue weighted by atomic mass is 32.1. The third kappa shape index (κ3) is 4.99. The molecule has 1 aliphatic rings. The van der Waals surface area contributed by atoms with E-state index in [-0.39, 0.29) is 11.0 Å². The number of likely N-dealkylation sites (tertiary alicyclic amines) is 1. The van der Waals surface area contributed by atoms with Gasteiger partial charge in [0, 0.05) is 26.4 Å². The normalized spacial score (nSPS) is 18.3. The van der Waals surface area contributed by atoms with Crippen molar-refractivity contribution in [2.45, 2.75) is 32.7 Å². The average Bonchev–Trinajstić information content (AvgIpc) is 2.88. The molecule has 2 aromatic heterocycles. The van der Waals surface area contributed by atoms with Crippen molar-refractivity contribution >= 4 is 22.4 Å². The maximum atomic E-state index is 14.0. The fraction of sp³-hybridized carbons (Fsp3) is 0.500. The topological polar surface area (TPSA) is 71.0 Å². The summed E-state index contributed by atoms with van der Waals surface area (Å²) in [6.45, 7) is 3.51. The fourth-order valence-electron chi connectivity index (χ4n) is 3.00. The number of hydrogen-bond donors (Lipinski definition) is 1. The first-order chi connectivity index (χ1) is 12.0. The maximum Gasteiger partial charge on any atom is 0.230 e. The van der Waals surface area contributed by atoms with Crippen LogP contribution in [0.5, 0.6) is 0 Å². The van der Waals surface area contributed by atoms with Crippen LogP contribution in [0.1, 0.15) is 30.5 Å². The van der Waals surface area contributed by atoms with Crippen LogP contribution in [-0.4, -0.2) is 38.8 Å². The van der Waals surface area contributed by atoms with Crippen molar-refractivity contribution < 1.29 is 13.6 Å². The van der Waals surface area contributed by atoms with Crippen LogP contribution in [-0.2, 0) is 17.8 Å². The van der Waals surface area contributed by atoms with Crippen LogP contribution < -0.4 is 5.32 Å². The molecule has 1 amide bonds. The van der Waals surface area contributed by atoms with Crippen LogP contribution in [0, 0.1) is 17.7 Å². The average molecular weight is 367 g/mol. The van der Waals surface area contributed by atoms with Gasteiger partial charge in [-0.05, 0) is 25.3 Å². The molecule has 1 saturated heterocycles. The Morgan fingerprint density at radius 2 is 2.16 bits per heavy atom. The number of piperidine rings is 1. The molecule has 9 heteroatoms. The third-order valence-electron chi connectivity index (χ3n) is 4.05. The molecule has 0 aliphatic carbocycles. The van der Waals surface area contributed by atoms with Crippen molar-refractivity contribution in [1.82, 2.24) is 19.9 Å². The van der Waals surface area contributed by atoms with Crippen molar-refractivity contribution in [3.05, 3.63) is 34.9 Å². The molecule has 0 radical (unpaired) electrons. The Bertz CT molecular complexity index is 737. The zero-order valence-electron chi connectivity index (χ0n) is 13.8. The number of aromatic nitrogens is 3. The molecular formula is C16H19F2N5OS. The van der Waals surface area contributed by atoms with E-state index in [4.69, 9.17) is 0 Å². The van der Waals surface area contributed by atoms with Gasteiger partial charge < -0.3 is 5.32 Å². The lowest BCUT2D eigenvalue weighted by Gasteiger charge is -2.32. The predicted molar refractivity (Wildman–Crippen MR) is 90.1 cm³/mol. The molecule has 1 fully saturated rings. The summed E-state index contributed by atoms with van der Waals surface area (Å²) in [4.78, 5) is 25.5. The van der Waals surface area contributed by atoms with E-state index in [0.717, 1.165) is 37.3 Å². The van der Waals surface area contributed by atoms with Crippen LogP contribution in [0.25, 0.3) is 0 Å². The quantitative estimate of drug-likeness (QED) is 0.880. The number of carbonyl (C=O) groups excluding carboxylic acids is 1. The highest BCUT2D eigenvalue weighted by Gasteiger charge is 2.23. The SMILES string of the molecule is CC(=O)Nc1nc(F)c(CN2CCCC(Cc3ncc(F)cn3)C2)s1. The van der Waals surface area contributed by atoms with E-state index in [0.29, 0.717) is 29.6 Å². The Kier molecular flexibility index (Phi) is 5.64. The number of nitrogens with one attached hydrogen (secondary N) is 1. The molecule has 2 aromatic rings. The van der Waals surface area contributed by atoms with Crippen LogP contribution >= 0.6 is 11.3 Å². The van der Waals surface area contributed by atoms with Gasteiger partial charge in [-0.2, -0.15) is 9.37 Å². The van der Waals surface area contributed by atoms with Crippen LogP contribution in [0.4, 0.5) is 13.9 Å². The molecule has 0 spiro atoms. The number of anilines is 1. The molecule has 1 N–H and O–H groups in total. The summed E-state index contributed by atoms with van der Waals surface area (Å²) >= 11 is 1.16. The van der Waals surface area contributed by atoms with Crippen LogP contribution in [0.3, 0.4) is 0 Å². The molecular weight excluding hydrogens is 348 g/mol. The van der Waals surface area contributed by atoms with Gasteiger partial charge in [-0.25, -0.2) is 14.4 Å². The number of carbonyl (C=O) groups is 1. The lowest BCUT2D eigenvalue weighted by Crippen LogP contribution is -2.36. The van der Waals surface area contributed by atoms with E-state index in [9.17, 15) is 13.6 Å². The molecule has 0 bridgehead atoms. The van der Waals surface area contributed by atoms with E-state index < -0.39 is 11.8 Å². The van der Waals surface area contributed by atoms with Gasteiger partial charge >= 0.3 is 0 Å². The number of rotatable bonds is 5. The van der Waals surface area contributed by atoms with Crippen molar-refractivity contribution in [3.8, 4) is 0 Å². The summed E-state index contributed by atoms with van der Waals surface area (Å²) in [6, 6.07) is 0.